The minimum Gasteiger partial charge on any atom is -0.0656 e. The van der Waals surface area contributed by atoms with Crippen molar-refractivity contribution in [2.45, 2.75) is 38.3 Å². The van der Waals surface area contributed by atoms with Gasteiger partial charge in [-0.05, 0) is 13.8 Å². The van der Waals surface area contributed by atoms with E-state index in [1.54, 1.807) is 10.4 Å². The van der Waals surface area contributed by atoms with Crippen molar-refractivity contribution >= 4 is 26.5 Å². The molecule has 1 aliphatic heterocycles. The molecule has 2 aromatic rings. The number of benzene rings is 2. The lowest BCUT2D eigenvalue weighted by Crippen LogP contribution is -2.70. The summed E-state index contributed by atoms with van der Waals surface area (Å²) in [5, 5.41) is 3.33. The Morgan fingerprint density at radius 3 is 1.20 bits per heavy atom. The van der Waals surface area contributed by atoms with Gasteiger partial charge in [-0.25, -0.2) is 0 Å². The van der Waals surface area contributed by atoms with Crippen LogP contribution in [-0.4, -0.2) is 16.1 Å². The number of rotatable bonds is 2. The van der Waals surface area contributed by atoms with Crippen LogP contribution in [0.5, 0.6) is 0 Å². The SMILES string of the molecule is Cc1ccc([Si]2(C)C[Si](C)(c3ccc(C)cc3)C2)cc1. The van der Waals surface area contributed by atoms with E-state index in [0.29, 0.717) is 0 Å². The third-order valence-corrected chi connectivity index (χ3v) is 21.0. The molecule has 104 valence electrons. The Hall–Kier alpha value is -1.13. The fourth-order valence-corrected chi connectivity index (χ4v) is 22.6. The topological polar surface area (TPSA) is 0 Å². The number of hydrogen-bond acceptors (Lipinski definition) is 0. The average molecular weight is 297 g/mol. The molecule has 0 aromatic heterocycles. The van der Waals surface area contributed by atoms with Gasteiger partial charge in [-0.2, -0.15) is 0 Å². The van der Waals surface area contributed by atoms with Gasteiger partial charge >= 0.3 is 0 Å². The van der Waals surface area contributed by atoms with Gasteiger partial charge in [0.25, 0.3) is 0 Å². The summed E-state index contributed by atoms with van der Waals surface area (Å²) in [5.74, 6) is 0. The summed E-state index contributed by atoms with van der Waals surface area (Å²) in [5.41, 5.74) is 5.80. The van der Waals surface area contributed by atoms with Crippen molar-refractivity contribution in [1.29, 1.82) is 0 Å². The standard InChI is InChI=1S/C18H24Si2/c1-15-5-9-17(10-6-15)19(3)13-20(4,14-19)18-11-7-16(2)8-12-18/h5-12H,13-14H2,1-4H3. The molecule has 0 N–H and O–H groups in total. The fourth-order valence-electron chi connectivity index (χ4n) is 3.99. The van der Waals surface area contributed by atoms with E-state index in [-0.39, 0.29) is 0 Å². The first-order chi connectivity index (χ1) is 9.41. The molecule has 0 amide bonds. The van der Waals surface area contributed by atoms with E-state index in [1.165, 1.54) is 22.5 Å². The molecule has 0 unspecified atom stereocenters. The predicted molar refractivity (Wildman–Crippen MR) is 94.5 cm³/mol. The molecule has 1 heterocycles. The van der Waals surface area contributed by atoms with Gasteiger partial charge in [0.1, 0.15) is 0 Å². The lowest BCUT2D eigenvalue weighted by Gasteiger charge is -2.51. The third kappa shape index (κ3) is 2.31. The van der Waals surface area contributed by atoms with Crippen molar-refractivity contribution in [2.24, 2.45) is 0 Å². The van der Waals surface area contributed by atoms with E-state index >= 15 is 0 Å². The summed E-state index contributed by atoms with van der Waals surface area (Å²) in [6.07, 6.45) is 0. The summed E-state index contributed by atoms with van der Waals surface area (Å²) in [6.45, 7) is 9.53. The largest absolute Gasteiger partial charge is 0.0791 e. The Labute approximate surface area is 124 Å². The maximum atomic E-state index is 2.58. The first-order valence-corrected chi connectivity index (χ1v) is 13.4. The van der Waals surface area contributed by atoms with Crippen molar-refractivity contribution in [3.8, 4) is 0 Å². The Bertz CT molecular complexity index is 549. The summed E-state index contributed by atoms with van der Waals surface area (Å²) < 4.78 is 0. The van der Waals surface area contributed by atoms with Crippen LogP contribution in [0.2, 0.25) is 24.4 Å². The minimum atomic E-state index is -1.17. The van der Waals surface area contributed by atoms with Gasteiger partial charge in [0.05, 0.1) is 16.1 Å². The molecule has 2 heteroatoms. The van der Waals surface area contributed by atoms with E-state index in [4.69, 9.17) is 0 Å². The van der Waals surface area contributed by atoms with E-state index in [2.05, 4.69) is 75.5 Å². The van der Waals surface area contributed by atoms with Crippen LogP contribution in [0.25, 0.3) is 0 Å². The first-order valence-electron chi connectivity index (χ1n) is 7.56. The monoisotopic (exact) mass is 296 g/mol. The number of aryl methyl sites for hydroxylation is 2. The lowest BCUT2D eigenvalue weighted by molar-refractivity contribution is 1.37. The van der Waals surface area contributed by atoms with Crippen LogP contribution >= 0.6 is 0 Å². The second-order valence-corrected chi connectivity index (χ2v) is 17.4. The zero-order valence-electron chi connectivity index (χ0n) is 13.0. The van der Waals surface area contributed by atoms with Crippen molar-refractivity contribution < 1.29 is 0 Å². The van der Waals surface area contributed by atoms with Crippen LogP contribution in [0.3, 0.4) is 0 Å². The lowest BCUT2D eigenvalue weighted by atomic mass is 10.2. The van der Waals surface area contributed by atoms with Gasteiger partial charge in [-0.3, -0.25) is 0 Å². The van der Waals surface area contributed by atoms with Crippen molar-refractivity contribution in [1.82, 2.24) is 0 Å². The molecule has 1 fully saturated rings. The van der Waals surface area contributed by atoms with E-state index in [0.717, 1.165) is 0 Å². The smallest absolute Gasteiger partial charge is 0.0656 e. The van der Waals surface area contributed by atoms with Gasteiger partial charge < -0.3 is 0 Å². The Balaban J connectivity index is 1.82. The maximum absolute atomic E-state index is 2.58. The molecule has 2 aromatic carbocycles. The van der Waals surface area contributed by atoms with Crippen molar-refractivity contribution in [2.75, 3.05) is 0 Å². The first kappa shape index (κ1) is 13.8. The molecule has 0 radical (unpaired) electrons. The molecule has 0 nitrogen and oxygen atoms in total. The maximum Gasteiger partial charge on any atom is 0.0791 e. The third-order valence-electron chi connectivity index (χ3n) is 5.06. The van der Waals surface area contributed by atoms with Crippen LogP contribution in [-0.2, 0) is 0 Å². The second-order valence-electron chi connectivity index (χ2n) is 7.21. The van der Waals surface area contributed by atoms with Gasteiger partial charge in [0.15, 0.2) is 0 Å². The van der Waals surface area contributed by atoms with Crippen LogP contribution in [0.4, 0.5) is 0 Å². The molecule has 0 saturated carbocycles. The summed E-state index contributed by atoms with van der Waals surface area (Å²) in [4.78, 5) is 0. The summed E-state index contributed by atoms with van der Waals surface area (Å²) >= 11 is 0. The van der Waals surface area contributed by atoms with Crippen LogP contribution < -0.4 is 10.4 Å². The Morgan fingerprint density at radius 1 is 0.600 bits per heavy atom. The Morgan fingerprint density at radius 2 is 0.900 bits per heavy atom. The highest BCUT2D eigenvalue weighted by molar-refractivity contribution is 7.22. The molecule has 20 heavy (non-hydrogen) atoms. The van der Waals surface area contributed by atoms with Gasteiger partial charge in [-0.15, -0.1) is 0 Å². The average Bonchev–Trinajstić information content (AvgIpc) is 2.38. The molecule has 0 spiro atoms. The second kappa shape index (κ2) is 4.71. The molecule has 1 aliphatic rings. The zero-order chi connectivity index (χ0) is 14.4. The van der Waals surface area contributed by atoms with E-state index in [9.17, 15) is 0 Å². The highest BCUT2D eigenvalue weighted by atomic mass is 28.5. The molecule has 0 aliphatic carbocycles. The quantitative estimate of drug-likeness (QED) is 0.742. The molecule has 3 rings (SSSR count). The van der Waals surface area contributed by atoms with Gasteiger partial charge in [-0.1, -0.05) is 94.5 Å². The normalized spacial score (nSPS) is 29.0. The van der Waals surface area contributed by atoms with Crippen LogP contribution in [0.15, 0.2) is 48.5 Å². The molecule has 0 atom stereocenters. The molecular weight excluding hydrogens is 272 g/mol. The zero-order valence-corrected chi connectivity index (χ0v) is 15.0. The predicted octanol–water partition coefficient (Wildman–Crippen LogP) is 3.67. The Kier molecular flexibility index (Phi) is 3.26. The van der Waals surface area contributed by atoms with Gasteiger partial charge in [0.2, 0.25) is 0 Å². The van der Waals surface area contributed by atoms with Crippen LogP contribution in [0, 0.1) is 13.8 Å². The van der Waals surface area contributed by atoms with Crippen molar-refractivity contribution in [3.63, 3.8) is 0 Å². The summed E-state index contributed by atoms with van der Waals surface area (Å²) in [7, 11) is -2.33. The molecular formula is C18H24Si2. The van der Waals surface area contributed by atoms with Gasteiger partial charge in [0, 0.05) is 0 Å². The summed E-state index contributed by atoms with van der Waals surface area (Å²) in [6, 6.07) is 18.7. The minimum absolute atomic E-state index is 1.17. The molecule has 1 saturated heterocycles. The number of hydrogen-bond donors (Lipinski definition) is 0. The fraction of sp³-hybridized carbons (Fsp3) is 0.333. The highest BCUT2D eigenvalue weighted by Crippen LogP contribution is 2.39. The van der Waals surface area contributed by atoms with E-state index < -0.39 is 16.1 Å². The van der Waals surface area contributed by atoms with Crippen molar-refractivity contribution in [3.05, 3.63) is 59.7 Å². The van der Waals surface area contributed by atoms with Crippen LogP contribution in [0.1, 0.15) is 11.1 Å². The van der Waals surface area contributed by atoms with E-state index in [1.807, 2.05) is 0 Å². The molecule has 0 bridgehead atoms. The highest BCUT2D eigenvalue weighted by Gasteiger charge is 2.53.